The third-order valence-electron chi connectivity index (χ3n) is 2.53. The van der Waals surface area contributed by atoms with Gasteiger partial charge in [0.2, 0.25) is 0 Å². The topological polar surface area (TPSA) is 54.0 Å². The number of carbonyl (C=O) groups excluding carboxylic acids is 1. The lowest BCUT2D eigenvalue weighted by atomic mass is 10.1. The van der Waals surface area contributed by atoms with Crippen molar-refractivity contribution >= 4 is 11.6 Å². The van der Waals surface area contributed by atoms with E-state index in [1.807, 2.05) is 31.3 Å². The minimum Gasteiger partial charge on any atom is -0.320 e. The van der Waals surface area contributed by atoms with Crippen LogP contribution < -0.4 is 10.6 Å². The second kappa shape index (κ2) is 5.93. The lowest BCUT2D eigenvalue weighted by Crippen LogP contribution is -2.16. The van der Waals surface area contributed by atoms with Gasteiger partial charge in [0.25, 0.3) is 5.91 Å². The van der Waals surface area contributed by atoms with Crippen molar-refractivity contribution in [3.8, 4) is 0 Å². The monoisotopic (exact) mass is 241 g/mol. The summed E-state index contributed by atoms with van der Waals surface area (Å²) in [5.74, 6) is -0.195. The van der Waals surface area contributed by atoms with E-state index in [0.717, 1.165) is 11.3 Å². The summed E-state index contributed by atoms with van der Waals surface area (Å²) in [6, 6.07) is 13.0. The molecule has 0 fully saturated rings. The normalized spacial score (nSPS) is 10.1. The van der Waals surface area contributed by atoms with Gasteiger partial charge >= 0.3 is 0 Å². The zero-order valence-electron chi connectivity index (χ0n) is 10.2. The average Bonchev–Trinajstić information content (AvgIpc) is 2.42. The van der Waals surface area contributed by atoms with E-state index in [0.29, 0.717) is 12.2 Å². The first-order chi connectivity index (χ1) is 8.81. The molecule has 18 heavy (non-hydrogen) atoms. The molecule has 0 atom stereocenters. The summed E-state index contributed by atoms with van der Waals surface area (Å²) in [6.45, 7) is 0.707. The van der Waals surface area contributed by atoms with E-state index in [2.05, 4.69) is 15.6 Å². The molecule has 4 nitrogen and oxygen atoms in total. The van der Waals surface area contributed by atoms with Gasteiger partial charge in [-0.1, -0.05) is 24.3 Å². The first kappa shape index (κ1) is 12.3. The Morgan fingerprint density at radius 1 is 1.17 bits per heavy atom. The third kappa shape index (κ3) is 2.93. The Labute approximate surface area is 106 Å². The number of para-hydroxylation sites is 1. The fraction of sp³-hybridized carbons (Fsp3) is 0.143. The summed E-state index contributed by atoms with van der Waals surface area (Å²) in [6.07, 6.45) is 1.61. The molecule has 1 heterocycles. The number of rotatable bonds is 4. The number of aromatic nitrogens is 1. The van der Waals surface area contributed by atoms with E-state index >= 15 is 0 Å². The lowest BCUT2D eigenvalue weighted by Gasteiger charge is -2.10. The quantitative estimate of drug-likeness (QED) is 0.861. The molecule has 0 unspecified atom stereocenters. The lowest BCUT2D eigenvalue weighted by molar-refractivity contribution is 0.102. The number of nitrogens with one attached hydrogen (secondary N) is 2. The van der Waals surface area contributed by atoms with Crippen LogP contribution in [0.2, 0.25) is 0 Å². The molecule has 0 radical (unpaired) electrons. The molecule has 1 aromatic heterocycles. The Bertz CT molecular complexity index is 526. The van der Waals surface area contributed by atoms with E-state index in [1.54, 1.807) is 24.4 Å². The highest BCUT2D eigenvalue weighted by Crippen LogP contribution is 2.15. The Morgan fingerprint density at radius 3 is 2.67 bits per heavy atom. The minimum atomic E-state index is -0.195. The van der Waals surface area contributed by atoms with Crippen LogP contribution in [-0.2, 0) is 6.54 Å². The van der Waals surface area contributed by atoms with Crippen molar-refractivity contribution in [3.63, 3.8) is 0 Å². The van der Waals surface area contributed by atoms with Gasteiger partial charge in [-0.2, -0.15) is 0 Å². The largest absolute Gasteiger partial charge is 0.320 e. The van der Waals surface area contributed by atoms with Crippen molar-refractivity contribution in [2.24, 2.45) is 0 Å². The number of hydrogen-bond donors (Lipinski definition) is 2. The number of pyridine rings is 1. The first-order valence-electron chi connectivity index (χ1n) is 5.76. The van der Waals surface area contributed by atoms with E-state index in [4.69, 9.17) is 0 Å². The van der Waals surface area contributed by atoms with Gasteiger partial charge in [-0.05, 0) is 30.8 Å². The van der Waals surface area contributed by atoms with E-state index in [1.165, 1.54) is 0 Å². The number of amides is 1. The van der Waals surface area contributed by atoms with Crippen molar-refractivity contribution in [1.82, 2.24) is 10.3 Å². The third-order valence-corrected chi connectivity index (χ3v) is 2.53. The molecule has 2 N–H and O–H groups in total. The van der Waals surface area contributed by atoms with Crippen LogP contribution in [0.1, 0.15) is 16.1 Å². The Balaban J connectivity index is 2.17. The van der Waals surface area contributed by atoms with Gasteiger partial charge in [-0.15, -0.1) is 0 Å². The number of nitrogens with zero attached hydrogens (tertiary/aromatic N) is 1. The second-order valence-corrected chi connectivity index (χ2v) is 3.86. The standard InChI is InChI=1S/C14H15N3O/c1-15-10-11-6-2-3-7-12(11)17-14(18)13-8-4-5-9-16-13/h2-9,15H,10H2,1H3,(H,17,18). The molecule has 0 saturated carbocycles. The predicted octanol–water partition coefficient (Wildman–Crippen LogP) is 2.05. The smallest absolute Gasteiger partial charge is 0.274 e. The summed E-state index contributed by atoms with van der Waals surface area (Å²) in [7, 11) is 1.87. The Kier molecular flexibility index (Phi) is 4.04. The molecule has 0 spiro atoms. The van der Waals surface area contributed by atoms with Gasteiger partial charge in [0.1, 0.15) is 5.69 Å². The summed E-state index contributed by atoms with van der Waals surface area (Å²) >= 11 is 0. The molecular weight excluding hydrogens is 226 g/mol. The average molecular weight is 241 g/mol. The second-order valence-electron chi connectivity index (χ2n) is 3.86. The van der Waals surface area contributed by atoms with Crippen molar-refractivity contribution in [2.75, 3.05) is 12.4 Å². The van der Waals surface area contributed by atoms with Crippen molar-refractivity contribution < 1.29 is 4.79 Å². The molecule has 2 aromatic rings. The Hall–Kier alpha value is -2.20. The number of carbonyl (C=O) groups is 1. The highest BCUT2D eigenvalue weighted by Gasteiger charge is 2.08. The molecule has 2 rings (SSSR count). The Morgan fingerprint density at radius 2 is 1.94 bits per heavy atom. The molecule has 0 aliphatic rings. The van der Waals surface area contributed by atoms with Crippen LogP contribution in [0, 0.1) is 0 Å². The molecule has 0 saturated heterocycles. The highest BCUT2D eigenvalue weighted by molar-refractivity contribution is 6.03. The molecule has 0 aliphatic carbocycles. The maximum Gasteiger partial charge on any atom is 0.274 e. The fourth-order valence-electron chi connectivity index (χ4n) is 1.67. The van der Waals surface area contributed by atoms with Crippen molar-refractivity contribution in [3.05, 3.63) is 59.9 Å². The van der Waals surface area contributed by atoms with E-state index < -0.39 is 0 Å². The molecule has 4 heteroatoms. The zero-order chi connectivity index (χ0) is 12.8. The maximum absolute atomic E-state index is 12.0. The van der Waals surface area contributed by atoms with Crippen LogP contribution in [0.5, 0.6) is 0 Å². The van der Waals surface area contributed by atoms with Crippen LogP contribution in [0.4, 0.5) is 5.69 Å². The number of anilines is 1. The number of benzene rings is 1. The van der Waals surface area contributed by atoms with Gasteiger partial charge in [0, 0.05) is 18.4 Å². The predicted molar refractivity (Wildman–Crippen MR) is 71.4 cm³/mol. The molecule has 1 aromatic carbocycles. The minimum absolute atomic E-state index is 0.195. The van der Waals surface area contributed by atoms with Gasteiger partial charge < -0.3 is 10.6 Å². The van der Waals surface area contributed by atoms with Crippen LogP contribution in [0.3, 0.4) is 0 Å². The van der Waals surface area contributed by atoms with Crippen LogP contribution in [-0.4, -0.2) is 17.9 Å². The fourth-order valence-corrected chi connectivity index (χ4v) is 1.67. The summed E-state index contributed by atoms with van der Waals surface area (Å²) in [5, 5.41) is 5.94. The molecular formula is C14H15N3O. The highest BCUT2D eigenvalue weighted by atomic mass is 16.1. The van der Waals surface area contributed by atoms with Crippen molar-refractivity contribution in [1.29, 1.82) is 0 Å². The SMILES string of the molecule is CNCc1ccccc1NC(=O)c1ccccn1. The van der Waals surface area contributed by atoms with Crippen molar-refractivity contribution in [2.45, 2.75) is 6.54 Å². The van der Waals surface area contributed by atoms with E-state index in [9.17, 15) is 4.79 Å². The molecule has 1 amide bonds. The van der Waals surface area contributed by atoms with Gasteiger partial charge in [0.15, 0.2) is 0 Å². The summed E-state index contributed by atoms with van der Waals surface area (Å²) in [4.78, 5) is 16.0. The van der Waals surface area contributed by atoms with E-state index in [-0.39, 0.29) is 5.91 Å². The van der Waals surface area contributed by atoms with Crippen LogP contribution in [0.15, 0.2) is 48.7 Å². The summed E-state index contributed by atoms with van der Waals surface area (Å²) in [5.41, 5.74) is 2.27. The van der Waals surface area contributed by atoms with Gasteiger partial charge in [-0.25, -0.2) is 0 Å². The van der Waals surface area contributed by atoms with Gasteiger partial charge in [-0.3, -0.25) is 9.78 Å². The zero-order valence-corrected chi connectivity index (χ0v) is 10.2. The maximum atomic E-state index is 12.0. The summed E-state index contributed by atoms with van der Waals surface area (Å²) < 4.78 is 0. The van der Waals surface area contributed by atoms with Gasteiger partial charge in [0.05, 0.1) is 0 Å². The van der Waals surface area contributed by atoms with Crippen LogP contribution >= 0.6 is 0 Å². The molecule has 92 valence electrons. The first-order valence-corrected chi connectivity index (χ1v) is 5.76. The number of hydrogen-bond acceptors (Lipinski definition) is 3. The molecule has 0 aliphatic heterocycles. The van der Waals surface area contributed by atoms with Crippen LogP contribution in [0.25, 0.3) is 0 Å². The molecule has 0 bridgehead atoms.